The highest BCUT2D eigenvalue weighted by Crippen LogP contribution is 2.16. The van der Waals surface area contributed by atoms with Crippen molar-refractivity contribution in [1.29, 1.82) is 0 Å². The lowest BCUT2D eigenvalue weighted by atomic mass is 10.2. The van der Waals surface area contributed by atoms with Crippen molar-refractivity contribution in [3.8, 4) is 0 Å². The van der Waals surface area contributed by atoms with Crippen molar-refractivity contribution in [2.75, 3.05) is 40.9 Å². The molecule has 1 rings (SSSR count). The number of carboxylic acid groups (broad SMARTS) is 1. The number of likely N-dealkylation sites (tertiary alicyclic amines) is 1. The van der Waals surface area contributed by atoms with Crippen molar-refractivity contribution in [2.45, 2.75) is 24.9 Å². The molecule has 0 saturated carbocycles. The molecule has 2 atom stereocenters. The molecule has 2 unspecified atom stereocenters. The lowest BCUT2D eigenvalue weighted by Gasteiger charge is -2.29. The molecule has 16 heavy (non-hydrogen) atoms. The number of ether oxygens (including phenoxy) is 1. The van der Waals surface area contributed by atoms with Gasteiger partial charge in [0.1, 0.15) is 6.04 Å². The fraction of sp³-hybridized carbons (Fsp3) is 0.909. The maximum absolute atomic E-state index is 11.1. The summed E-state index contributed by atoms with van der Waals surface area (Å²) < 4.78 is 4.94. The predicted octanol–water partition coefficient (Wildman–Crippen LogP) is 0.112. The number of carboxylic acids is 1. The van der Waals surface area contributed by atoms with Crippen LogP contribution in [-0.2, 0) is 9.53 Å². The Bertz CT molecular complexity index is 235. The summed E-state index contributed by atoms with van der Waals surface area (Å²) >= 11 is 0. The van der Waals surface area contributed by atoms with Gasteiger partial charge < -0.3 is 14.7 Å². The van der Waals surface area contributed by atoms with E-state index < -0.39 is 12.0 Å². The van der Waals surface area contributed by atoms with E-state index in [4.69, 9.17) is 9.84 Å². The second-order valence-corrected chi connectivity index (χ2v) is 4.53. The average Bonchev–Trinajstić information content (AvgIpc) is 2.60. The van der Waals surface area contributed by atoms with Crippen LogP contribution in [0.25, 0.3) is 0 Å². The third kappa shape index (κ3) is 3.43. The summed E-state index contributed by atoms with van der Waals surface area (Å²) in [5.41, 5.74) is 0. The highest BCUT2D eigenvalue weighted by Gasteiger charge is 2.28. The van der Waals surface area contributed by atoms with Gasteiger partial charge in [-0.1, -0.05) is 0 Å². The quantitative estimate of drug-likeness (QED) is 0.702. The normalized spacial score (nSPS) is 23.9. The van der Waals surface area contributed by atoms with Crippen molar-refractivity contribution in [3.05, 3.63) is 0 Å². The Kier molecular flexibility index (Phi) is 5.18. The zero-order valence-electron chi connectivity index (χ0n) is 10.3. The van der Waals surface area contributed by atoms with Crippen LogP contribution in [-0.4, -0.2) is 73.9 Å². The van der Waals surface area contributed by atoms with E-state index in [9.17, 15) is 4.79 Å². The molecule has 5 heteroatoms. The molecular weight excluding hydrogens is 208 g/mol. The minimum atomic E-state index is -0.815. The number of hydrogen-bond donors (Lipinski definition) is 1. The smallest absolute Gasteiger partial charge is 0.323 e. The molecule has 1 fully saturated rings. The van der Waals surface area contributed by atoms with Gasteiger partial charge in [-0.05, 0) is 33.5 Å². The first-order valence-electron chi connectivity index (χ1n) is 5.68. The number of rotatable bonds is 6. The minimum Gasteiger partial charge on any atom is -0.480 e. The van der Waals surface area contributed by atoms with Gasteiger partial charge in [0, 0.05) is 19.7 Å². The van der Waals surface area contributed by atoms with Crippen molar-refractivity contribution in [2.24, 2.45) is 0 Å². The molecule has 1 aliphatic heterocycles. The number of aliphatic carboxylic acids is 1. The molecule has 94 valence electrons. The van der Waals surface area contributed by atoms with Crippen molar-refractivity contribution >= 4 is 5.97 Å². The predicted molar refractivity (Wildman–Crippen MR) is 61.6 cm³/mol. The summed E-state index contributed by atoms with van der Waals surface area (Å²) in [4.78, 5) is 15.2. The number of methoxy groups -OCH3 is 1. The molecule has 1 N–H and O–H groups in total. The molecule has 0 bridgehead atoms. The molecular formula is C11H22N2O3. The van der Waals surface area contributed by atoms with E-state index in [0.29, 0.717) is 6.04 Å². The summed E-state index contributed by atoms with van der Waals surface area (Å²) in [6.45, 7) is 2.14. The van der Waals surface area contributed by atoms with Crippen molar-refractivity contribution in [1.82, 2.24) is 9.80 Å². The molecule has 0 aliphatic carbocycles. The molecule has 1 aliphatic rings. The summed E-state index contributed by atoms with van der Waals surface area (Å²) in [7, 11) is 5.48. The van der Waals surface area contributed by atoms with Gasteiger partial charge in [0.2, 0.25) is 0 Å². The first kappa shape index (κ1) is 13.4. The van der Waals surface area contributed by atoms with Crippen molar-refractivity contribution in [3.63, 3.8) is 0 Å². The first-order chi connectivity index (χ1) is 7.56. The van der Waals surface area contributed by atoms with Gasteiger partial charge in [0.15, 0.2) is 0 Å². The van der Waals surface area contributed by atoms with Crippen LogP contribution in [0.5, 0.6) is 0 Å². The van der Waals surface area contributed by atoms with E-state index >= 15 is 0 Å². The number of likely N-dealkylation sites (N-methyl/N-ethyl adjacent to an activating group) is 2. The molecule has 0 amide bonds. The molecule has 0 aromatic rings. The molecule has 0 aromatic heterocycles. The third-order valence-corrected chi connectivity index (χ3v) is 3.31. The Morgan fingerprint density at radius 1 is 1.69 bits per heavy atom. The summed E-state index contributed by atoms with van der Waals surface area (Å²) in [6, 6.07) is -0.0669. The fourth-order valence-electron chi connectivity index (χ4n) is 2.21. The van der Waals surface area contributed by atoms with Crippen molar-refractivity contribution < 1.29 is 14.6 Å². The Balaban J connectivity index is 2.47. The summed E-state index contributed by atoms with van der Waals surface area (Å²) in [6.07, 6.45) is 2.36. The minimum absolute atomic E-state index is 0.238. The molecule has 1 saturated heterocycles. The summed E-state index contributed by atoms with van der Waals surface area (Å²) in [5.74, 6) is -0.815. The maximum Gasteiger partial charge on any atom is 0.323 e. The van der Waals surface area contributed by atoms with E-state index in [1.165, 1.54) is 13.5 Å². The molecule has 0 radical (unpaired) electrons. The highest BCUT2D eigenvalue weighted by molar-refractivity contribution is 5.73. The largest absolute Gasteiger partial charge is 0.480 e. The standard InChI is InChI=1S/C11H22N2O3/c1-12-6-4-5-9(12)7-13(2)10(8-16-3)11(14)15/h9-10H,4-8H2,1-3H3,(H,14,15). The maximum atomic E-state index is 11.1. The van der Waals surface area contributed by atoms with E-state index in [1.807, 2.05) is 11.9 Å². The van der Waals surface area contributed by atoms with Gasteiger partial charge in [0.25, 0.3) is 0 Å². The Labute approximate surface area is 97.0 Å². The summed E-state index contributed by atoms with van der Waals surface area (Å²) in [5, 5.41) is 9.08. The third-order valence-electron chi connectivity index (χ3n) is 3.31. The van der Waals surface area contributed by atoms with Gasteiger partial charge in [-0.25, -0.2) is 0 Å². The zero-order valence-corrected chi connectivity index (χ0v) is 10.3. The van der Waals surface area contributed by atoms with E-state index in [2.05, 4.69) is 11.9 Å². The van der Waals surface area contributed by atoms with E-state index in [0.717, 1.165) is 19.5 Å². The average molecular weight is 230 g/mol. The van der Waals surface area contributed by atoms with Crippen LogP contribution in [0.3, 0.4) is 0 Å². The van der Waals surface area contributed by atoms with Crippen LogP contribution in [0, 0.1) is 0 Å². The van der Waals surface area contributed by atoms with Crippen LogP contribution in [0.15, 0.2) is 0 Å². The number of hydrogen-bond acceptors (Lipinski definition) is 4. The monoisotopic (exact) mass is 230 g/mol. The van der Waals surface area contributed by atoms with Crippen LogP contribution < -0.4 is 0 Å². The van der Waals surface area contributed by atoms with Gasteiger partial charge in [-0.2, -0.15) is 0 Å². The second-order valence-electron chi connectivity index (χ2n) is 4.53. The lowest BCUT2D eigenvalue weighted by molar-refractivity contribution is -0.145. The fourth-order valence-corrected chi connectivity index (χ4v) is 2.21. The number of nitrogens with zero attached hydrogens (tertiary/aromatic N) is 2. The van der Waals surface area contributed by atoms with E-state index in [-0.39, 0.29) is 6.61 Å². The van der Waals surface area contributed by atoms with Gasteiger partial charge >= 0.3 is 5.97 Å². The molecule has 5 nitrogen and oxygen atoms in total. The first-order valence-corrected chi connectivity index (χ1v) is 5.68. The van der Waals surface area contributed by atoms with Gasteiger partial charge in [-0.3, -0.25) is 9.69 Å². The van der Waals surface area contributed by atoms with Gasteiger partial charge in [0.05, 0.1) is 6.61 Å². The molecule has 0 spiro atoms. The SMILES string of the molecule is COCC(C(=O)O)N(C)CC1CCCN1C. The zero-order chi connectivity index (χ0) is 12.1. The highest BCUT2D eigenvalue weighted by atomic mass is 16.5. The Morgan fingerprint density at radius 2 is 2.38 bits per heavy atom. The second kappa shape index (κ2) is 6.18. The Morgan fingerprint density at radius 3 is 2.81 bits per heavy atom. The topological polar surface area (TPSA) is 53.0 Å². The molecule has 0 aromatic carbocycles. The van der Waals surface area contributed by atoms with Crippen LogP contribution in [0.2, 0.25) is 0 Å². The lowest BCUT2D eigenvalue weighted by Crippen LogP contribution is -2.47. The number of carbonyl (C=O) groups is 1. The van der Waals surface area contributed by atoms with Gasteiger partial charge in [-0.15, -0.1) is 0 Å². The van der Waals surface area contributed by atoms with E-state index in [1.54, 1.807) is 0 Å². The van der Waals surface area contributed by atoms with Crippen LogP contribution in [0.4, 0.5) is 0 Å². The Hall–Kier alpha value is -0.650. The van der Waals surface area contributed by atoms with Crippen LogP contribution >= 0.6 is 0 Å². The molecule has 1 heterocycles. The van der Waals surface area contributed by atoms with Crippen LogP contribution in [0.1, 0.15) is 12.8 Å².